The third-order valence-corrected chi connectivity index (χ3v) is 10.3. The Labute approximate surface area is 160 Å². The molecule has 124 valence electrons. The molecule has 4 rings (SSSR count). The van der Waals surface area contributed by atoms with Crippen molar-refractivity contribution >= 4 is 57.7 Å². The van der Waals surface area contributed by atoms with E-state index in [1.54, 1.807) is 0 Å². The molecule has 2 aliphatic carbocycles. The van der Waals surface area contributed by atoms with E-state index < -0.39 is 0 Å². The number of hydrogen-bond acceptors (Lipinski definition) is 3. The highest BCUT2D eigenvalue weighted by Crippen LogP contribution is 2.64. The summed E-state index contributed by atoms with van der Waals surface area (Å²) in [5.74, 6) is 4.52. The van der Waals surface area contributed by atoms with Gasteiger partial charge in [-0.05, 0) is 78.3 Å². The van der Waals surface area contributed by atoms with Crippen molar-refractivity contribution in [1.29, 1.82) is 0 Å². The largest absolute Gasteiger partial charge is 0.326 e. The summed E-state index contributed by atoms with van der Waals surface area (Å²) in [6.45, 7) is 0. The van der Waals surface area contributed by atoms with E-state index in [9.17, 15) is 4.79 Å². The zero-order chi connectivity index (χ0) is 15.9. The summed E-state index contributed by atoms with van der Waals surface area (Å²) in [5.41, 5.74) is 0.942. The fraction of sp³-hybridized carbons (Fsp3) is 0.611. The number of carbonyl (C=O) groups is 1. The molecule has 2 unspecified atom stereocenters. The van der Waals surface area contributed by atoms with Crippen molar-refractivity contribution in [1.82, 2.24) is 0 Å². The lowest BCUT2D eigenvalue weighted by Gasteiger charge is -2.52. The molecule has 2 atom stereocenters. The van der Waals surface area contributed by atoms with E-state index in [1.165, 1.54) is 34.3 Å². The molecule has 5 heteroatoms. The maximum absolute atomic E-state index is 12.8. The molecule has 3 fully saturated rings. The van der Waals surface area contributed by atoms with E-state index in [2.05, 4.69) is 57.5 Å². The lowest BCUT2D eigenvalue weighted by molar-refractivity contribution is -0.122. The van der Waals surface area contributed by atoms with Crippen LogP contribution in [0.5, 0.6) is 0 Å². The van der Waals surface area contributed by atoms with Crippen LogP contribution in [0, 0.1) is 21.3 Å². The maximum atomic E-state index is 12.8. The molecule has 2 bridgehead atoms. The summed E-state index contributed by atoms with van der Waals surface area (Å²) in [4.78, 5) is 12.8. The average molecular weight is 459 g/mol. The summed E-state index contributed by atoms with van der Waals surface area (Å²) >= 11 is 6.71. The molecule has 1 heterocycles. The molecule has 3 aliphatic rings. The van der Waals surface area contributed by atoms with Crippen LogP contribution in [0.1, 0.15) is 32.1 Å². The van der Waals surface area contributed by atoms with E-state index in [1.807, 2.05) is 18.2 Å². The maximum Gasteiger partial charge on any atom is 0.227 e. The van der Waals surface area contributed by atoms with E-state index in [4.69, 9.17) is 0 Å². The molecule has 0 radical (unpaired) electrons. The summed E-state index contributed by atoms with van der Waals surface area (Å²) in [6.07, 6.45) is 6.19. The number of benzene rings is 1. The Bertz CT molecular complexity index is 586. The lowest BCUT2D eigenvalue weighted by atomic mass is 9.67. The third kappa shape index (κ3) is 3.17. The Kier molecular flexibility index (Phi) is 4.89. The van der Waals surface area contributed by atoms with Gasteiger partial charge < -0.3 is 5.32 Å². The second kappa shape index (κ2) is 6.79. The van der Waals surface area contributed by atoms with Crippen LogP contribution in [-0.4, -0.2) is 21.5 Å². The smallest absolute Gasteiger partial charge is 0.227 e. The van der Waals surface area contributed by atoms with Crippen molar-refractivity contribution in [2.45, 2.75) is 36.2 Å². The minimum Gasteiger partial charge on any atom is -0.326 e. The highest BCUT2D eigenvalue weighted by atomic mass is 127. The van der Waals surface area contributed by atoms with Gasteiger partial charge in [-0.15, -0.1) is 23.5 Å². The van der Waals surface area contributed by atoms with Crippen LogP contribution in [0.15, 0.2) is 24.3 Å². The predicted molar refractivity (Wildman–Crippen MR) is 109 cm³/mol. The van der Waals surface area contributed by atoms with Gasteiger partial charge in [0.2, 0.25) is 5.91 Å². The molecule has 0 aromatic heterocycles. The van der Waals surface area contributed by atoms with Crippen LogP contribution < -0.4 is 5.32 Å². The first-order valence-corrected chi connectivity index (χ1v) is 11.6. The first-order chi connectivity index (χ1) is 11.2. The predicted octanol–water partition coefficient (Wildman–Crippen LogP) is 5.23. The third-order valence-electron chi connectivity index (χ3n) is 5.58. The molecular formula is C18H22INOS2. The van der Waals surface area contributed by atoms with Crippen LogP contribution in [-0.2, 0) is 4.79 Å². The lowest BCUT2D eigenvalue weighted by Crippen LogP contribution is -2.48. The summed E-state index contributed by atoms with van der Waals surface area (Å²) in [7, 11) is 0. The highest BCUT2D eigenvalue weighted by molar-refractivity contribution is 14.1. The second-order valence-corrected chi connectivity index (χ2v) is 11.2. The van der Waals surface area contributed by atoms with Crippen molar-refractivity contribution in [3.05, 3.63) is 27.8 Å². The number of nitrogens with one attached hydrogen (secondary N) is 1. The Balaban J connectivity index is 1.48. The van der Waals surface area contributed by atoms with Gasteiger partial charge in [-0.3, -0.25) is 4.79 Å². The number of rotatable bonds is 2. The molecule has 1 aliphatic heterocycles. The Morgan fingerprint density at radius 1 is 1.17 bits per heavy atom. The molecule has 2 nitrogen and oxygen atoms in total. The molecular weight excluding hydrogens is 437 g/mol. The number of amides is 1. The topological polar surface area (TPSA) is 29.1 Å². The van der Waals surface area contributed by atoms with Crippen LogP contribution in [0.25, 0.3) is 0 Å². The van der Waals surface area contributed by atoms with Gasteiger partial charge in [0.1, 0.15) is 0 Å². The van der Waals surface area contributed by atoms with Gasteiger partial charge in [-0.2, -0.15) is 0 Å². The number of carbonyl (C=O) groups excluding carboxylic acids is 1. The number of thioether (sulfide) groups is 2. The number of halogens is 1. The molecule has 1 amide bonds. The fourth-order valence-electron chi connectivity index (χ4n) is 4.63. The van der Waals surface area contributed by atoms with Crippen molar-refractivity contribution < 1.29 is 4.79 Å². The van der Waals surface area contributed by atoms with Gasteiger partial charge in [0.15, 0.2) is 0 Å². The average Bonchev–Trinajstić information content (AvgIpc) is 2.96. The Hall–Kier alpha value is 0.120. The van der Waals surface area contributed by atoms with E-state index in [-0.39, 0.29) is 11.8 Å². The van der Waals surface area contributed by atoms with Crippen LogP contribution in [0.3, 0.4) is 0 Å². The second-order valence-electron chi connectivity index (χ2n) is 6.91. The number of anilines is 1. The van der Waals surface area contributed by atoms with Gasteiger partial charge in [0.05, 0.1) is 4.08 Å². The zero-order valence-corrected chi connectivity index (χ0v) is 16.9. The normalized spacial score (nSPS) is 32.0. The molecule has 1 N–H and O–H groups in total. The molecule has 1 spiro atoms. The quantitative estimate of drug-likeness (QED) is 0.614. The minimum absolute atomic E-state index is 0.204. The Morgan fingerprint density at radius 3 is 2.52 bits per heavy atom. The summed E-state index contributed by atoms with van der Waals surface area (Å²) in [6, 6.07) is 8.10. The fourth-order valence-corrected chi connectivity index (χ4v) is 9.11. The highest BCUT2D eigenvalue weighted by Gasteiger charge is 2.55. The molecule has 23 heavy (non-hydrogen) atoms. The monoisotopic (exact) mass is 459 g/mol. The van der Waals surface area contributed by atoms with Gasteiger partial charge in [-0.1, -0.05) is 12.5 Å². The van der Waals surface area contributed by atoms with Crippen molar-refractivity contribution in [3.8, 4) is 0 Å². The van der Waals surface area contributed by atoms with Crippen LogP contribution in [0.2, 0.25) is 0 Å². The molecule has 1 aromatic carbocycles. The SMILES string of the molecule is O=C(Nc1cccc(I)c1)C1CC2CCCC(C1)C21SCCS1. The van der Waals surface area contributed by atoms with Crippen molar-refractivity contribution in [2.24, 2.45) is 17.8 Å². The minimum atomic E-state index is 0.204. The Morgan fingerprint density at radius 2 is 1.87 bits per heavy atom. The van der Waals surface area contributed by atoms with Gasteiger partial charge in [0.25, 0.3) is 0 Å². The van der Waals surface area contributed by atoms with Gasteiger partial charge in [-0.25, -0.2) is 0 Å². The van der Waals surface area contributed by atoms with Crippen LogP contribution >= 0.6 is 46.1 Å². The van der Waals surface area contributed by atoms with Crippen molar-refractivity contribution in [3.63, 3.8) is 0 Å². The summed E-state index contributed by atoms with van der Waals surface area (Å²) < 4.78 is 1.62. The zero-order valence-electron chi connectivity index (χ0n) is 13.1. The molecule has 1 saturated heterocycles. The molecule has 1 aromatic rings. The molecule has 2 saturated carbocycles. The van der Waals surface area contributed by atoms with E-state index in [0.717, 1.165) is 30.4 Å². The number of hydrogen-bond donors (Lipinski definition) is 1. The first-order valence-electron chi connectivity index (χ1n) is 8.52. The van der Waals surface area contributed by atoms with Crippen molar-refractivity contribution in [2.75, 3.05) is 16.8 Å². The van der Waals surface area contributed by atoms with E-state index in [0.29, 0.717) is 4.08 Å². The van der Waals surface area contributed by atoms with E-state index >= 15 is 0 Å². The van der Waals surface area contributed by atoms with Crippen LogP contribution in [0.4, 0.5) is 5.69 Å². The standard InChI is InChI=1S/C18H22INOS2/c19-15-5-2-6-16(11-15)20-17(21)12-9-13-3-1-4-14(10-12)18(13)22-7-8-23-18/h2,5-6,11-14H,1,3-4,7-10H2,(H,20,21). The van der Waals surface area contributed by atoms with Gasteiger partial charge >= 0.3 is 0 Å². The van der Waals surface area contributed by atoms with Gasteiger partial charge in [0, 0.05) is 26.7 Å². The summed E-state index contributed by atoms with van der Waals surface area (Å²) in [5, 5.41) is 3.16. The first kappa shape index (κ1) is 16.6.